The van der Waals surface area contributed by atoms with Crippen LogP contribution in [-0.2, 0) is 11.6 Å². The third-order valence-electron chi connectivity index (χ3n) is 5.24. The highest BCUT2D eigenvalue weighted by Gasteiger charge is 2.86. The molecule has 1 atom stereocenters. The molecule has 222 valence electrons. The summed E-state index contributed by atoms with van der Waals surface area (Å²) in [6.45, 7) is 0. The standard InChI is InChI=1S/C19HF20N/c20-7-3(2(1-40)4-9(22)13(26)6(16(28,29)30)14(27)10(4)23)8(21)12(25)5(11(7)24)15(17(31,32)33,18(34,35)36)19(37,38)39/h2H. The summed E-state index contributed by atoms with van der Waals surface area (Å²) in [6, 6.07) is 0.239. The molecule has 0 aliphatic carbocycles. The second kappa shape index (κ2) is 9.57. The summed E-state index contributed by atoms with van der Waals surface area (Å²) >= 11 is 0. The number of hydrogen-bond acceptors (Lipinski definition) is 1. The normalized spacial score (nSPS) is 14.4. The van der Waals surface area contributed by atoms with Crippen LogP contribution in [0.3, 0.4) is 0 Å². The van der Waals surface area contributed by atoms with E-state index >= 15 is 0 Å². The summed E-state index contributed by atoms with van der Waals surface area (Å²) < 4.78 is 272. The molecule has 0 aliphatic heterocycles. The lowest BCUT2D eigenvalue weighted by Crippen LogP contribution is -2.64. The van der Waals surface area contributed by atoms with Crippen molar-refractivity contribution in [2.24, 2.45) is 0 Å². The van der Waals surface area contributed by atoms with Crippen molar-refractivity contribution >= 4 is 0 Å². The summed E-state index contributed by atoms with van der Waals surface area (Å²) in [5.41, 5.74) is -21.5. The topological polar surface area (TPSA) is 23.8 Å². The first-order valence-electron chi connectivity index (χ1n) is 9.12. The predicted octanol–water partition coefficient (Wildman–Crippen LogP) is 8.40. The zero-order chi connectivity index (χ0) is 31.7. The zero-order valence-corrected chi connectivity index (χ0v) is 17.6. The monoisotopic (exact) mass is 623 g/mol. The minimum absolute atomic E-state index is 0.239. The molecule has 2 rings (SSSR count). The zero-order valence-electron chi connectivity index (χ0n) is 17.6. The molecule has 0 fully saturated rings. The van der Waals surface area contributed by atoms with Crippen LogP contribution < -0.4 is 0 Å². The van der Waals surface area contributed by atoms with Gasteiger partial charge in [0.2, 0.25) is 0 Å². The fourth-order valence-corrected chi connectivity index (χ4v) is 3.56. The fraction of sp³-hybridized carbons (Fsp3) is 0.316. The van der Waals surface area contributed by atoms with Crippen molar-refractivity contribution in [2.45, 2.75) is 36.0 Å². The number of nitriles is 1. The van der Waals surface area contributed by atoms with Gasteiger partial charge in [0.15, 0.2) is 46.5 Å². The molecule has 0 radical (unpaired) electrons. The van der Waals surface area contributed by atoms with Gasteiger partial charge in [-0.05, 0) is 0 Å². The first-order valence-corrected chi connectivity index (χ1v) is 9.12. The lowest BCUT2D eigenvalue weighted by molar-refractivity contribution is -0.388. The van der Waals surface area contributed by atoms with Crippen LogP contribution in [0.15, 0.2) is 0 Å². The van der Waals surface area contributed by atoms with Crippen LogP contribution in [0.4, 0.5) is 87.8 Å². The van der Waals surface area contributed by atoms with Gasteiger partial charge in [0.1, 0.15) is 11.5 Å². The van der Waals surface area contributed by atoms with Crippen molar-refractivity contribution in [3.05, 3.63) is 68.8 Å². The van der Waals surface area contributed by atoms with Crippen molar-refractivity contribution < 1.29 is 87.8 Å². The van der Waals surface area contributed by atoms with Crippen LogP contribution in [0.2, 0.25) is 0 Å². The van der Waals surface area contributed by atoms with E-state index in [1.165, 1.54) is 0 Å². The summed E-state index contributed by atoms with van der Waals surface area (Å²) in [5.74, 6) is -33.6. The van der Waals surface area contributed by atoms with Gasteiger partial charge in [0.25, 0.3) is 5.41 Å². The second-order valence-corrected chi connectivity index (χ2v) is 7.39. The number of benzene rings is 2. The predicted molar refractivity (Wildman–Crippen MR) is 84.8 cm³/mol. The first-order chi connectivity index (χ1) is 17.7. The fourth-order valence-electron chi connectivity index (χ4n) is 3.56. The Morgan fingerprint density at radius 2 is 0.675 bits per heavy atom. The Morgan fingerprint density at radius 3 is 0.875 bits per heavy atom. The molecular formula is C19HF20N. The van der Waals surface area contributed by atoms with E-state index in [2.05, 4.69) is 0 Å². The van der Waals surface area contributed by atoms with E-state index in [1.54, 1.807) is 0 Å². The quantitative estimate of drug-likeness (QED) is 0.249. The van der Waals surface area contributed by atoms with E-state index in [1.807, 2.05) is 0 Å². The third kappa shape index (κ3) is 4.44. The Labute approximate surface area is 205 Å². The van der Waals surface area contributed by atoms with E-state index < -0.39 is 105 Å². The molecule has 0 heterocycles. The van der Waals surface area contributed by atoms with Gasteiger partial charge in [-0.2, -0.15) is 57.9 Å². The van der Waals surface area contributed by atoms with Crippen molar-refractivity contribution in [1.82, 2.24) is 0 Å². The summed E-state index contributed by atoms with van der Waals surface area (Å²) in [5, 5.41) is 8.97. The highest BCUT2D eigenvalue weighted by Crippen LogP contribution is 2.62. The lowest BCUT2D eigenvalue weighted by Gasteiger charge is -2.39. The summed E-state index contributed by atoms with van der Waals surface area (Å²) in [4.78, 5) is 0. The van der Waals surface area contributed by atoms with Crippen molar-refractivity contribution in [2.75, 3.05) is 0 Å². The van der Waals surface area contributed by atoms with Crippen LogP contribution in [0.25, 0.3) is 0 Å². The molecule has 21 heteroatoms. The minimum Gasteiger partial charge on any atom is -0.203 e. The van der Waals surface area contributed by atoms with E-state index in [0.29, 0.717) is 0 Å². The molecule has 0 amide bonds. The van der Waals surface area contributed by atoms with Gasteiger partial charge in [-0.1, -0.05) is 0 Å². The number of rotatable bonds is 3. The van der Waals surface area contributed by atoms with E-state index in [-0.39, 0.29) is 6.07 Å². The first kappa shape index (κ1) is 32.7. The summed E-state index contributed by atoms with van der Waals surface area (Å²) in [6.07, 6.45) is -29.9. The molecule has 40 heavy (non-hydrogen) atoms. The van der Waals surface area contributed by atoms with Crippen LogP contribution in [0, 0.1) is 57.9 Å². The molecule has 0 bridgehead atoms. The van der Waals surface area contributed by atoms with Gasteiger partial charge in [-0.15, -0.1) is 0 Å². The number of halogens is 20. The lowest BCUT2D eigenvalue weighted by atomic mass is 9.75. The minimum atomic E-state index is -7.88. The number of nitrogens with zero attached hydrogens (tertiary/aromatic N) is 1. The van der Waals surface area contributed by atoms with Crippen molar-refractivity contribution in [1.29, 1.82) is 5.26 Å². The van der Waals surface area contributed by atoms with Gasteiger partial charge < -0.3 is 0 Å². The molecule has 1 unspecified atom stereocenters. The van der Waals surface area contributed by atoms with Crippen LogP contribution in [0.1, 0.15) is 28.2 Å². The van der Waals surface area contributed by atoms with Crippen LogP contribution in [-0.4, -0.2) is 18.5 Å². The van der Waals surface area contributed by atoms with Gasteiger partial charge in [0, 0.05) is 0 Å². The smallest absolute Gasteiger partial charge is 0.203 e. The highest BCUT2D eigenvalue weighted by molar-refractivity contribution is 5.48. The molecule has 2 aromatic rings. The SMILES string of the molecule is N#CC(c1c(F)c(F)c(C(F)(F)F)c(F)c1F)c1c(F)c(F)c(C(C(F)(F)F)(C(F)(F)F)C(F)(F)F)c(F)c1F. The van der Waals surface area contributed by atoms with E-state index in [9.17, 15) is 87.8 Å². The van der Waals surface area contributed by atoms with Crippen LogP contribution in [0.5, 0.6) is 0 Å². The molecule has 0 N–H and O–H groups in total. The molecular weight excluding hydrogens is 622 g/mol. The molecule has 0 saturated carbocycles. The van der Waals surface area contributed by atoms with Gasteiger partial charge in [-0.25, -0.2) is 35.1 Å². The third-order valence-corrected chi connectivity index (χ3v) is 5.24. The number of alkyl halides is 12. The Kier molecular flexibility index (Phi) is 7.83. The molecule has 1 nitrogen and oxygen atoms in total. The van der Waals surface area contributed by atoms with Crippen molar-refractivity contribution in [3.63, 3.8) is 0 Å². The molecule has 2 aromatic carbocycles. The Hall–Kier alpha value is -3.47. The maximum absolute atomic E-state index is 14.6. The van der Waals surface area contributed by atoms with Gasteiger partial charge in [-0.3, -0.25) is 0 Å². The Morgan fingerprint density at radius 1 is 0.425 bits per heavy atom. The second-order valence-electron chi connectivity index (χ2n) is 7.39. The number of hydrogen-bond donors (Lipinski definition) is 0. The van der Waals surface area contributed by atoms with Crippen LogP contribution >= 0.6 is 0 Å². The van der Waals surface area contributed by atoms with Gasteiger partial charge in [0.05, 0.1) is 22.8 Å². The molecule has 0 spiro atoms. The molecule has 0 aliphatic rings. The molecule has 0 aromatic heterocycles. The maximum Gasteiger partial charge on any atom is 0.422 e. The largest absolute Gasteiger partial charge is 0.422 e. The molecule has 0 saturated heterocycles. The van der Waals surface area contributed by atoms with E-state index in [4.69, 9.17) is 5.26 Å². The average molecular weight is 623 g/mol. The summed E-state index contributed by atoms with van der Waals surface area (Å²) in [7, 11) is 0. The maximum atomic E-state index is 14.6. The Balaban J connectivity index is 3.17. The Bertz CT molecular complexity index is 1290. The average Bonchev–Trinajstić information content (AvgIpc) is 2.74. The van der Waals surface area contributed by atoms with Crippen molar-refractivity contribution in [3.8, 4) is 6.07 Å². The highest BCUT2D eigenvalue weighted by atomic mass is 19.4. The van der Waals surface area contributed by atoms with E-state index in [0.717, 1.165) is 0 Å². The van der Waals surface area contributed by atoms with Gasteiger partial charge >= 0.3 is 24.7 Å².